The van der Waals surface area contributed by atoms with E-state index in [9.17, 15) is 0 Å². The molecule has 1 spiro atoms. The van der Waals surface area contributed by atoms with Gasteiger partial charge in [-0.05, 0) is 44.0 Å². The smallest absolute Gasteiger partial charge is 0.225 e. The highest BCUT2D eigenvalue weighted by atomic mass is 16.5. The average Bonchev–Trinajstić information content (AvgIpc) is 2.63. The zero-order valence-electron chi connectivity index (χ0n) is 14.8. The van der Waals surface area contributed by atoms with E-state index in [0.29, 0.717) is 0 Å². The van der Waals surface area contributed by atoms with Crippen LogP contribution in [-0.2, 0) is 11.3 Å². The van der Waals surface area contributed by atoms with Gasteiger partial charge in [-0.15, -0.1) is 0 Å². The zero-order valence-corrected chi connectivity index (χ0v) is 14.8. The summed E-state index contributed by atoms with van der Waals surface area (Å²) < 4.78 is 6.29. The molecule has 2 saturated heterocycles. The van der Waals surface area contributed by atoms with Crippen LogP contribution < -0.4 is 4.90 Å². The summed E-state index contributed by atoms with van der Waals surface area (Å²) in [6.07, 6.45) is 7.88. The summed E-state index contributed by atoms with van der Waals surface area (Å²) in [5, 5.41) is 0. The van der Waals surface area contributed by atoms with Crippen LogP contribution in [-0.4, -0.2) is 58.2 Å². The number of ether oxygens (including phenoxy) is 1. The molecule has 0 N–H and O–H groups in total. The van der Waals surface area contributed by atoms with Crippen molar-refractivity contribution in [1.82, 2.24) is 19.9 Å². The van der Waals surface area contributed by atoms with Crippen molar-refractivity contribution in [3.05, 3.63) is 48.0 Å². The molecule has 4 rings (SSSR count). The Hall–Kier alpha value is -2.05. The molecule has 2 aliphatic rings. The van der Waals surface area contributed by atoms with Crippen molar-refractivity contribution in [1.29, 1.82) is 0 Å². The van der Waals surface area contributed by atoms with Gasteiger partial charge in [0.25, 0.3) is 0 Å². The molecule has 6 heteroatoms. The SMILES string of the molecule is Cc1cnc(N2CCO[C@]3(CCCN(Cc4ccccn4)C3)C2)nc1. The second-order valence-corrected chi connectivity index (χ2v) is 7.15. The molecule has 0 saturated carbocycles. The van der Waals surface area contributed by atoms with Gasteiger partial charge >= 0.3 is 0 Å². The van der Waals surface area contributed by atoms with Crippen LogP contribution in [0.25, 0.3) is 0 Å². The Morgan fingerprint density at radius 1 is 1.12 bits per heavy atom. The molecule has 0 aromatic carbocycles. The molecule has 25 heavy (non-hydrogen) atoms. The fraction of sp³-hybridized carbons (Fsp3) is 0.526. The highest BCUT2D eigenvalue weighted by Gasteiger charge is 2.41. The van der Waals surface area contributed by atoms with E-state index in [4.69, 9.17) is 4.74 Å². The lowest BCUT2D eigenvalue weighted by Crippen LogP contribution is -2.60. The summed E-state index contributed by atoms with van der Waals surface area (Å²) in [4.78, 5) is 18.2. The first-order valence-corrected chi connectivity index (χ1v) is 9.02. The van der Waals surface area contributed by atoms with Crippen molar-refractivity contribution < 1.29 is 4.74 Å². The number of aryl methyl sites for hydroxylation is 1. The molecule has 0 aliphatic carbocycles. The van der Waals surface area contributed by atoms with E-state index >= 15 is 0 Å². The van der Waals surface area contributed by atoms with Gasteiger partial charge in [0.1, 0.15) is 0 Å². The summed E-state index contributed by atoms with van der Waals surface area (Å²) in [7, 11) is 0. The molecule has 2 aromatic heterocycles. The Labute approximate surface area is 148 Å². The first kappa shape index (κ1) is 16.4. The van der Waals surface area contributed by atoms with Crippen molar-refractivity contribution in [2.75, 3.05) is 37.7 Å². The number of rotatable bonds is 3. The summed E-state index contributed by atoms with van der Waals surface area (Å²) in [6.45, 7) is 7.37. The van der Waals surface area contributed by atoms with E-state index in [2.05, 4.69) is 36.9 Å². The lowest BCUT2D eigenvalue weighted by Gasteiger charge is -2.48. The molecule has 0 amide bonds. The number of anilines is 1. The molecular weight excluding hydrogens is 314 g/mol. The third kappa shape index (κ3) is 3.80. The minimum atomic E-state index is -0.125. The quantitative estimate of drug-likeness (QED) is 0.853. The van der Waals surface area contributed by atoms with Crippen LogP contribution in [0.3, 0.4) is 0 Å². The number of likely N-dealkylation sites (tertiary alicyclic amines) is 1. The first-order valence-electron chi connectivity index (χ1n) is 9.02. The Bertz CT molecular complexity index is 689. The second kappa shape index (κ2) is 7.06. The predicted molar refractivity (Wildman–Crippen MR) is 96.4 cm³/mol. The number of hydrogen-bond donors (Lipinski definition) is 0. The van der Waals surface area contributed by atoms with E-state index in [0.717, 1.165) is 69.4 Å². The predicted octanol–water partition coefficient (Wildman–Crippen LogP) is 2.05. The molecule has 0 radical (unpaired) electrons. The maximum atomic E-state index is 6.29. The van der Waals surface area contributed by atoms with Crippen molar-refractivity contribution >= 4 is 5.95 Å². The van der Waals surface area contributed by atoms with E-state index < -0.39 is 0 Å². The standard InChI is InChI=1S/C19H25N5O/c1-16-11-21-18(22-12-16)24-9-10-25-19(15-24)6-4-8-23(14-19)13-17-5-2-3-7-20-17/h2-3,5,7,11-12H,4,6,8-10,13-15H2,1H3/t19-/m0/s1. The molecule has 6 nitrogen and oxygen atoms in total. The fourth-order valence-corrected chi connectivity index (χ4v) is 3.86. The maximum Gasteiger partial charge on any atom is 0.225 e. The van der Waals surface area contributed by atoms with Crippen molar-refractivity contribution in [2.24, 2.45) is 0 Å². The average molecular weight is 339 g/mol. The van der Waals surface area contributed by atoms with Gasteiger partial charge in [0.05, 0.1) is 24.4 Å². The summed E-state index contributed by atoms with van der Waals surface area (Å²) in [5.41, 5.74) is 2.08. The minimum absolute atomic E-state index is 0.125. The number of aromatic nitrogens is 3. The second-order valence-electron chi connectivity index (χ2n) is 7.15. The monoisotopic (exact) mass is 339 g/mol. The third-order valence-corrected chi connectivity index (χ3v) is 5.03. The molecule has 0 bridgehead atoms. The minimum Gasteiger partial charge on any atom is -0.370 e. The number of nitrogens with zero attached hydrogens (tertiary/aromatic N) is 5. The van der Waals surface area contributed by atoms with Crippen LogP contribution in [0.5, 0.6) is 0 Å². The van der Waals surface area contributed by atoms with Crippen molar-refractivity contribution in [3.8, 4) is 0 Å². The van der Waals surface area contributed by atoms with Gasteiger partial charge in [-0.1, -0.05) is 6.07 Å². The zero-order chi connectivity index (χ0) is 17.1. The van der Waals surface area contributed by atoms with E-state index in [1.807, 2.05) is 31.6 Å². The molecule has 4 heterocycles. The lowest BCUT2D eigenvalue weighted by molar-refractivity contribution is -0.0989. The Kier molecular flexibility index (Phi) is 4.63. The summed E-state index contributed by atoms with van der Waals surface area (Å²) in [5.74, 6) is 0.815. The normalized spacial score (nSPS) is 24.6. The number of hydrogen-bond acceptors (Lipinski definition) is 6. The van der Waals surface area contributed by atoms with Crippen LogP contribution in [0.4, 0.5) is 5.95 Å². The van der Waals surface area contributed by atoms with E-state index in [1.165, 1.54) is 0 Å². The highest BCUT2D eigenvalue weighted by molar-refractivity contribution is 5.32. The highest BCUT2D eigenvalue weighted by Crippen LogP contribution is 2.30. The summed E-state index contributed by atoms with van der Waals surface area (Å²) in [6, 6.07) is 6.11. The van der Waals surface area contributed by atoms with E-state index in [1.54, 1.807) is 0 Å². The molecule has 132 valence electrons. The van der Waals surface area contributed by atoms with Gasteiger partial charge in [0, 0.05) is 38.2 Å². The number of pyridine rings is 1. The Morgan fingerprint density at radius 2 is 2.00 bits per heavy atom. The van der Waals surface area contributed by atoms with E-state index in [-0.39, 0.29) is 5.60 Å². The first-order chi connectivity index (χ1) is 12.2. The molecule has 2 aliphatic heterocycles. The fourth-order valence-electron chi connectivity index (χ4n) is 3.86. The molecular formula is C19H25N5O. The van der Waals surface area contributed by atoms with Crippen LogP contribution in [0.2, 0.25) is 0 Å². The molecule has 2 aromatic rings. The largest absolute Gasteiger partial charge is 0.370 e. The van der Waals surface area contributed by atoms with Gasteiger partial charge in [0.15, 0.2) is 0 Å². The molecule has 2 fully saturated rings. The molecule has 0 unspecified atom stereocenters. The van der Waals surface area contributed by atoms with Crippen LogP contribution >= 0.6 is 0 Å². The number of morpholine rings is 1. The van der Waals surface area contributed by atoms with Gasteiger partial charge in [-0.25, -0.2) is 9.97 Å². The van der Waals surface area contributed by atoms with Crippen LogP contribution in [0.1, 0.15) is 24.1 Å². The molecule has 1 atom stereocenters. The van der Waals surface area contributed by atoms with Crippen molar-refractivity contribution in [3.63, 3.8) is 0 Å². The van der Waals surface area contributed by atoms with Gasteiger partial charge in [-0.3, -0.25) is 9.88 Å². The lowest BCUT2D eigenvalue weighted by atomic mass is 9.90. The van der Waals surface area contributed by atoms with Gasteiger partial charge in [0.2, 0.25) is 5.95 Å². The van der Waals surface area contributed by atoms with Crippen molar-refractivity contribution in [2.45, 2.75) is 31.9 Å². The topological polar surface area (TPSA) is 54.4 Å². The maximum absolute atomic E-state index is 6.29. The van der Waals surface area contributed by atoms with Gasteiger partial charge < -0.3 is 9.64 Å². The van der Waals surface area contributed by atoms with Crippen LogP contribution in [0.15, 0.2) is 36.8 Å². The summed E-state index contributed by atoms with van der Waals surface area (Å²) >= 11 is 0. The number of piperidine rings is 1. The Morgan fingerprint density at radius 3 is 2.80 bits per heavy atom. The van der Waals surface area contributed by atoms with Gasteiger partial charge in [-0.2, -0.15) is 0 Å². The Balaban J connectivity index is 1.45. The third-order valence-electron chi connectivity index (χ3n) is 5.03. The van der Waals surface area contributed by atoms with Crippen LogP contribution in [0, 0.1) is 6.92 Å².